The van der Waals surface area contributed by atoms with E-state index in [2.05, 4.69) is 22.8 Å². The predicted octanol–water partition coefficient (Wildman–Crippen LogP) is 5.19. The number of ether oxygens (including phenoxy) is 2. The van der Waals surface area contributed by atoms with Crippen LogP contribution in [0.25, 0.3) is 0 Å². The summed E-state index contributed by atoms with van der Waals surface area (Å²) < 4.78 is 11.6. The molecule has 0 aliphatic rings. The van der Waals surface area contributed by atoms with E-state index in [9.17, 15) is 0 Å². The van der Waals surface area contributed by atoms with Crippen LogP contribution in [0.4, 0.5) is 11.4 Å². The second-order valence-corrected chi connectivity index (χ2v) is 6.05. The van der Waals surface area contributed by atoms with Crippen LogP contribution in [0.15, 0.2) is 78.9 Å². The second kappa shape index (κ2) is 10.1. The van der Waals surface area contributed by atoms with Gasteiger partial charge in [0.25, 0.3) is 0 Å². The summed E-state index contributed by atoms with van der Waals surface area (Å²) in [6.45, 7) is 4.75. The molecule has 3 aromatic rings. The van der Waals surface area contributed by atoms with Crippen molar-refractivity contribution in [1.29, 1.82) is 0 Å². The van der Waals surface area contributed by atoms with E-state index in [-0.39, 0.29) is 0 Å². The minimum absolute atomic E-state index is 0.555. The number of nitrogens with one attached hydrogen (secondary N) is 2. The fourth-order valence-corrected chi connectivity index (χ4v) is 2.76. The van der Waals surface area contributed by atoms with Crippen LogP contribution in [-0.2, 0) is 6.61 Å². The molecule has 0 aliphatic carbocycles. The Hall–Kier alpha value is -3.14. The van der Waals surface area contributed by atoms with Gasteiger partial charge >= 0.3 is 0 Å². The van der Waals surface area contributed by atoms with Gasteiger partial charge in [-0.1, -0.05) is 54.6 Å². The van der Waals surface area contributed by atoms with Crippen LogP contribution in [0, 0.1) is 0 Å². The molecule has 0 aliphatic heterocycles. The molecule has 2 N–H and O–H groups in total. The van der Waals surface area contributed by atoms with E-state index in [0.29, 0.717) is 13.2 Å². The van der Waals surface area contributed by atoms with Gasteiger partial charge in [-0.15, -0.1) is 0 Å². The number of rotatable bonds is 10. The Bertz CT molecular complexity index is 821. The van der Waals surface area contributed by atoms with E-state index in [1.807, 2.05) is 73.7 Å². The van der Waals surface area contributed by atoms with Crippen molar-refractivity contribution in [2.75, 3.05) is 30.3 Å². The van der Waals surface area contributed by atoms with Crippen LogP contribution in [0.1, 0.15) is 12.5 Å². The van der Waals surface area contributed by atoms with E-state index in [0.717, 1.165) is 41.5 Å². The Morgan fingerprint density at radius 1 is 0.630 bits per heavy atom. The van der Waals surface area contributed by atoms with Crippen molar-refractivity contribution in [1.82, 2.24) is 0 Å². The molecule has 140 valence electrons. The van der Waals surface area contributed by atoms with Crippen molar-refractivity contribution in [3.05, 3.63) is 84.4 Å². The molecule has 0 aromatic heterocycles. The van der Waals surface area contributed by atoms with Crippen LogP contribution in [0.5, 0.6) is 11.5 Å². The molecule has 3 rings (SSSR count). The van der Waals surface area contributed by atoms with Crippen LogP contribution >= 0.6 is 0 Å². The minimum atomic E-state index is 0.555. The molecule has 0 heterocycles. The lowest BCUT2D eigenvalue weighted by molar-refractivity contribution is 0.307. The summed E-state index contributed by atoms with van der Waals surface area (Å²) in [5, 5.41) is 6.86. The van der Waals surface area contributed by atoms with Crippen LogP contribution in [0.3, 0.4) is 0 Å². The van der Waals surface area contributed by atoms with Gasteiger partial charge < -0.3 is 20.1 Å². The first kappa shape index (κ1) is 18.6. The molecule has 0 saturated carbocycles. The van der Waals surface area contributed by atoms with Crippen LogP contribution in [0.2, 0.25) is 0 Å². The average Bonchev–Trinajstić information content (AvgIpc) is 2.72. The van der Waals surface area contributed by atoms with Crippen molar-refractivity contribution >= 4 is 11.4 Å². The fourth-order valence-electron chi connectivity index (χ4n) is 2.76. The highest BCUT2D eigenvalue weighted by atomic mass is 16.5. The highest BCUT2D eigenvalue weighted by Gasteiger charge is 2.04. The fraction of sp³-hybridized carbons (Fsp3) is 0.217. The normalized spacial score (nSPS) is 10.3. The van der Waals surface area contributed by atoms with Gasteiger partial charge in [0.15, 0.2) is 0 Å². The Morgan fingerprint density at radius 3 is 1.74 bits per heavy atom. The largest absolute Gasteiger partial charge is 0.492 e. The first-order valence-corrected chi connectivity index (χ1v) is 9.32. The molecule has 3 aromatic carbocycles. The maximum absolute atomic E-state index is 5.99. The molecule has 0 atom stereocenters. The van der Waals surface area contributed by atoms with Gasteiger partial charge in [0.1, 0.15) is 18.1 Å². The summed E-state index contributed by atoms with van der Waals surface area (Å²) >= 11 is 0. The third-order valence-electron chi connectivity index (χ3n) is 4.07. The van der Waals surface area contributed by atoms with Crippen molar-refractivity contribution in [2.45, 2.75) is 13.5 Å². The summed E-state index contributed by atoms with van der Waals surface area (Å²) in [7, 11) is 0. The smallest absolute Gasteiger partial charge is 0.142 e. The van der Waals surface area contributed by atoms with Crippen LogP contribution < -0.4 is 20.1 Å². The number of hydrogen-bond donors (Lipinski definition) is 2. The highest BCUT2D eigenvalue weighted by molar-refractivity contribution is 5.58. The zero-order valence-electron chi connectivity index (χ0n) is 15.7. The van der Waals surface area contributed by atoms with Gasteiger partial charge in [-0.25, -0.2) is 0 Å². The number of para-hydroxylation sites is 4. The quantitative estimate of drug-likeness (QED) is 0.487. The maximum atomic E-state index is 5.99. The van der Waals surface area contributed by atoms with E-state index in [1.54, 1.807) is 0 Å². The van der Waals surface area contributed by atoms with Crippen molar-refractivity contribution < 1.29 is 9.47 Å². The predicted molar refractivity (Wildman–Crippen MR) is 112 cm³/mol. The highest BCUT2D eigenvalue weighted by Crippen LogP contribution is 2.25. The lowest BCUT2D eigenvalue weighted by Gasteiger charge is -2.15. The average molecular weight is 362 g/mol. The summed E-state index contributed by atoms with van der Waals surface area (Å²) in [6.07, 6.45) is 0. The summed E-state index contributed by atoms with van der Waals surface area (Å²) in [6, 6.07) is 26.2. The second-order valence-electron chi connectivity index (χ2n) is 6.05. The van der Waals surface area contributed by atoms with E-state index < -0.39 is 0 Å². The van der Waals surface area contributed by atoms with Gasteiger partial charge in [0, 0.05) is 13.1 Å². The topological polar surface area (TPSA) is 42.5 Å². The lowest BCUT2D eigenvalue weighted by Crippen LogP contribution is -2.14. The van der Waals surface area contributed by atoms with Crippen molar-refractivity contribution in [3.63, 3.8) is 0 Å². The monoisotopic (exact) mass is 362 g/mol. The van der Waals surface area contributed by atoms with E-state index in [1.165, 1.54) is 0 Å². The summed E-state index contributed by atoms with van der Waals surface area (Å²) in [5.74, 6) is 1.74. The Kier molecular flexibility index (Phi) is 6.99. The van der Waals surface area contributed by atoms with Crippen LogP contribution in [-0.4, -0.2) is 19.7 Å². The number of hydrogen-bond acceptors (Lipinski definition) is 4. The Morgan fingerprint density at radius 2 is 1.15 bits per heavy atom. The first-order valence-electron chi connectivity index (χ1n) is 9.32. The maximum Gasteiger partial charge on any atom is 0.142 e. The third kappa shape index (κ3) is 5.68. The zero-order chi connectivity index (χ0) is 18.7. The summed E-state index contributed by atoms with van der Waals surface area (Å²) in [4.78, 5) is 0. The molecular weight excluding hydrogens is 336 g/mol. The first-order chi connectivity index (χ1) is 13.4. The molecule has 0 saturated heterocycles. The van der Waals surface area contributed by atoms with Gasteiger partial charge in [-0.05, 0) is 36.8 Å². The van der Waals surface area contributed by atoms with Crippen molar-refractivity contribution in [2.24, 2.45) is 0 Å². The molecule has 0 unspecified atom stereocenters. The SMILES string of the molecule is CCOc1ccccc1NCCNc1ccccc1OCc1ccccc1. The standard InChI is InChI=1S/C23H26N2O2/c1-2-26-22-14-8-6-12-20(22)24-16-17-25-21-13-7-9-15-23(21)27-18-19-10-4-3-5-11-19/h3-15,24-25H,2,16-18H2,1H3. The molecule has 0 amide bonds. The van der Waals surface area contributed by atoms with E-state index >= 15 is 0 Å². The lowest BCUT2D eigenvalue weighted by atomic mass is 10.2. The molecule has 0 radical (unpaired) electrons. The van der Waals surface area contributed by atoms with Gasteiger partial charge in [-0.3, -0.25) is 0 Å². The molecule has 27 heavy (non-hydrogen) atoms. The molecule has 4 nitrogen and oxygen atoms in total. The number of anilines is 2. The molecule has 0 fully saturated rings. The molecular formula is C23H26N2O2. The number of benzene rings is 3. The molecule has 0 bridgehead atoms. The van der Waals surface area contributed by atoms with Gasteiger partial charge in [0.05, 0.1) is 18.0 Å². The zero-order valence-corrected chi connectivity index (χ0v) is 15.7. The molecule has 4 heteroatoms. The van der Waals surface area contributed by atoms with Crippen molar-refractivity contribution in [3.8, 4) is 11.5 Å². The van der Waals surface area contributed by atoms with Gasteiger partial charge in [-0.2, -0.15) is 0 Å². The molecule has 0 spiro atoms. The van der Waals surface area contributed by atoms with Gasteiger partial charge in [0.2, 0.25) is 0 Å². The Balaban J connectivity index is 1.51. The van der Waals surface area contributed by atoms with E-state index in [4.69, 9.17) is 9.47 Å². The third-order valence-corrected chi connectivity index (χ3v) is 4.07. The summed E-state index contributed by atoms with van der Waals surface area (Å²) in [5.41, 5.74) is 3.16. The minimum Gasteiger partial charge on any atom is -0.492 e. The Labute approximate surface area is 161 Å².